The smallest absolute Gasteiger partial charge is 0.338 e. The van der Waals surface area contributed by atoms with Gasteiger partial charge in [0.25, 0.3) is 0 Å². The van der Waals surface area contributed by atoms with Crippen LogP contribution in [0.1, 0.15) is 35.8 Å². The average Bonchev–Trinajstić information content (AvgIpc) is 2.55. The monoisotopic (exact) mass is 411 g/mol. The third kappa shape index (κ3) is 4.43. The summed E-state index contributed by atoms with van der Waals surface area (Å²) in [6, 6.07) is 12.7. The normalized spacial score (nSPS) is 12.6. The van der Waals surface area contributed by atoms with Gasteiger partial charge in [0.2, 0.25) is 10.0 Å². The van der Waals surface area contributed by atoms with E-state index in [0.717, 1.165) is 10.0 Å². The Kier molecular flexibility index (Phi) is 6.15. The summed E-state index contributed by atoms with van der Waals surface area (Å²) < 4.78 is 33.3. The Hall–Kier alpha value is -1.70. The Balaban J connectivity index is 2.18. The molecular weight excluding hydrogens is 394 g/mol. The number of hydrogen-bond donors (Lipinski definition) is 1. The summed E-state index contributed by atoms with van der Waals surface area (Å²) in [5.74, 6) is -0.476. The molecule has 0 aliphatic rings. The summed E-state index contributed by atoms with van der Waals surface area (Å²) in [4.78, 5) is 11.7. The van der Waals surface area contributed by atoms with Crippen LogP contribution in [0.3, 0.4) is 0 Å². The van der Waals surface area contributed by atoms with Gasteiger partial charge in [0.05, 0.1) is 17.1 Å². The highest BCUT2D eigenvalue weighted by Crippen LogP contribution is 2.24. The molecule has 0 aliphatic heterocycles. The van der Waals surface area contributed by atoms with Crippen molar-refractivity contribution in [1.29, 1.82) is 0 Å². The number of hydrogen-bond acceptors (Lipinski definition) is 4. The van der Waals surface area contributed by atoms with E-state index in [2.05, 4.69) is 20.7 Å². The Morgan fingerprint density at radius 3 is 2.38 bits per heavy atom. The lowest BCUT2D eigenvalue weighted by Crippen LogP contribution is -2.27. The molecule has 0 spiro atoms. The molecule has 7 heteroatoms. The Bertz CT molecular complexity index is 819. The molecule has 2 rings (SSSR count). The maximum atomic E-state index is 12.5. The molecule has 2 aromatic rings. The first-order chi connectivity index (χ1) is 11.3. The van der Waals surface area contributed by atoms with Crippen LogP contribution in [0.5, 0.6) is 0 Å². The zero-order valence-electron chi connectivity index (χ0n) is 13.3. The van der Waals surface area contributed by atoms with Crippen molar-refractivity contribution in [3.63, 3.8) is 0 Å². The van der Waals surface area contributed by atoms with Crippen molar-refractivity contribution in [3.8, 4) is 0 Å². The molecule has 2 aromatic carbocycles. The lowest BCUT2D eigenvalue weighted by atomic mass is 10.1. The minimum atomic E-state index is -3.70. The standard InChI is InChI=1S/C17H18BrNO4S/c1-3-23-17(20)13-8-10-14(11-9-13)24(21,22)19-12(2)15-6-4-5-7-16(15)18/h4-12,19H,3H2,1-2H3. The molecule has 1 unspecified atom stereocenters. The van der Waals surface area contributed by atoms with E-state index in [0.29, 0.717) is 5.56 Å². The highest BCUT2D eigenvalue weighted by Gasteiger charge is 2.20. The third-order valence-electron chi connectivity index (χ3n) is 3.38. The maximum absolute atomic E-state index is 12.5. The molecule has 0 aliphatic carbocycles. The minimum Gasteiger partial charge on any atom is -0.462 e. The Morgan fingerprint density at radius 2 is 1.79 bits per heavy atom. The van der Waals surface area contributed by atoms with Crippen molar-refractivity contribution < 1.29 is 17.9 Å². The second-order valence-electron chi connectivity index (χ2n) is 5.11. The van der Waals surface area contributed by atoms with Gasteiger partial charge in [-0.05, 0) is 49.7 Å². The first-order valence-corrected chi connectivity index (χ1v) is 9.66. The summed E-state index contributed by atoms with van der Waals surface area (Å²) in [5, 5.41) is 0. The van der Waals surface area contributed by atoms with Crippen molar-refractivity contribution in [2.24, 2.45) is 0 Å². The van der Waals surface area contributed by atoms with Gasteiger partial charge in [0, 0.05) is 10.5 Å². The van der Waals surface area contributed by atoms with Gasteiger partial charge < -0.3 is 4.74 Å². The van der Waals surface area contributed by atoms with E-state index >= 15 is 0 Å². The van der Waals surface area contributed by atoms with Crippen LogP contribution in [-0.4, -0.2) is 21.0 Å². The molecule has 24 heavy (non-hydrogen) atoms. The summed E-state index contributed by atoms with van der Waals surface area (Å²) >= 11 is 3.41. The second kappa shape index (κ2) is 7.92. The molecule has 0 amide bonds. The van der Waals surface area contributed by atoms with Crippen LogP contribution in [0, 0.1) is 0 Å². The highest BCUT2D eigenvalue weighted by molar-refractivity contribution is 9.10. The van der Waals surface area contributed by atoms with Crippen molar-refractivity contribution in [2.45, 2.75) is 24.8 Å². The first kappa shape index (κ1) is 18.6. The Morgan fingerprint density at radius 1 is 1.17 bits per heavy atom. The number of rotatable bonds is 6. The average molecular weight is 412 g/mol. The molecule has 0 aromatic heterocycles. The molecule has 128 valence electrons. The molecule has 1 atom stereocenters. The molecule has 0 saturated heterocycles. The second-order valence-corrected chi connectivity index (χ2v) is 7.68. The van der Waals surface area contributed by atoms with Crippen LogP contribution in [0.15, 0.2) is 57.9 Å². The zero-order chi connectivity index (χ0) is 17.7. The SMILES string of the molecule is CCOC(=O)c1ccc(S(=O)(=O)NC(C)c2ccccc2Br)cc1. The van der Waals surface area contributed by atoms with E-state index in [1.165, 1.54) is 24.3 Å². The highest BCUT2D eigenvalue weighted by atomic mass is 79.9. The number of sulfonamides is 1. The van der Waals surface area contributed by atoms with Crippen LogP contribution in [-0.2, 0) is 14.8 Å². The number of halogens is 1. The molecule has 0 heterocycles. The van der Waals surface area contributed by atoms with Crippen LogP contribution in [0.2, 0.25) is 0 Å². The van der Waals surface area contributed by atoms with Gasteiger partial charge in [-0.3, -0.25) is 0 Å². The number of esters is 1. The van der Waals surface area contributed by atoms with Gasteiger partial charge in [-0.15, -0.1) is 0 Å². The molecule has 0 radical (unpaired) electrons. The predicted molar refractivity (Wildman–Crippen MR) is 95.3 cm³/mol. The number of ether oxygens (including phenoxy) is 1. The first-order valence-electron chi connectivity index (χ1n) is 7.39. The third-order valence-corrected chi connectivity index (χ3v) is 5.66. The zero-order valence-corrected chi connectivity index (χ0v) is 15.7. The molecular formula is C17H18BrNO4S. The summed E-state index contributed by atoms with van der Waals surface area (Å²) in [5.41, 5.74) is 1.15. The fraction of sp³-hybridized carbons (Fsp3) is 0.235. The van der Waals surface area contributed by atoms with Gasteiger partial charge in [-0.2, -0.15) is 0 Å². The van der Waals surface area contributed by atoms with E-state index in [4.69, 9.17) is 4.74 Å². The largest absolute Gasteiger partial charge is 0.462 e. The van der Waals surface area contributed by atoms with Gasteiger partial charge in [0.15, 0.2) is 0 Å². The molecule has 0 saturated carbocycles. The minimum absolute atomic E-state index is 0.0921. The number of carbonyl (C=O) groups excluding carboxylic acids is 1. The van der Waals surface area contributed by atoms with Crippen molar-refractivity contribution in [3.05, 3.63) is 64.1 Å². The summed E-state index contributed by atoms with van der Waals surface area (Å²) in [6.07, 6.45) is 0. The van der Waals surface area contributed by atoms with Gasteiger partial charge in [-0.25, -0.2) is 17.9 Å². The topological polar surface area (TPSA) is 72.5 Å². The molecule has 0 fully saturated rings. The van der Waals surface area contributed by atoms with Crippen LogP contribution < -0.4 is 4.72 Å². The fourth-order valence-corrected chi connectivity index (χ4v) is 4.03. The lowest BCUT2D eigenvalue weighted by Gasteiger charge is -2.16. The van der Waals surface area contributed by atoms with Gasteiger partial charge in [0.1, 0.15) is 0 Å². The summed E-state index contributed by atoms with van der Waals surface area (Å²) in [6.45, 7) is 3.75. The lowest BCUT2D eigenvalue weighted by molar-refractivity contribution is 0.0526. The molecule has 1 N–H and O–H groups in total. The van der Waals surface area contributed by atoms with Crippen LogP contribution in [0.25, 0.3) is 0 Å². The van der Waals surface area contributed by atoms with E-state index in [9.17, 15) is 13.2 Å². The Labute approximate surface area is 150 Å². The quantitative estimate of drug-likeness (QED) is 0.735. The van der Waals surface area contributed by atoms with Gasteiger partial charge >= 0.3 is 5.97 Å². The fourth-order valence-electron chi connectivity index (χ4n) is 2.18. The van der Waals surface area contributed by atoms with E-state index in [1.807, 2.05) is 24.3 Å². The van der Waals surface area contributed by atoms with E-state index in [-0.39, 0.29) is 11.5 Å². The van der Waals surface area contributed by atoms with Crippen LogP contribution >= 0.6 is 15.9 Å². The van der Waals surface area contributed by atoms with Crippen molar-refractivity contribution in [1.82, 2.24) is 4.72 Å². The van der Waals surface area contributed by atoms with Crippen molar-refractivity contribution in [2.75, 3.05) is 6.61 Å². The van der Waals surface area contributed by atoms with E-state index in [1.54, 1.807) is 13.8 Å². The molecule has 5 nitrogen and oxygen atoms in total. The van der Waals surface area contributed by atoms with Crippen molar-refractivity contribution >= 4 is 31.9 Å². The predicted octanol–water partition coefficient (Wildman–Crippen LogP) is 3.67. The maximum Gasteiger partial charge on any atom is 0.338 e. The molecule has 0 bridgehead atoms. The van der Waals surface area contributed by atoms with E-state index < -0.39 is 22.0 Å². The number of carbonyl (C=O) groups is 1. The summed E-state index contributed by atoms with van der Waals surface area (Å²) in [7, 11) is -3.70. The number of benzene rings is 2. The van der Waals surface area contributed by atoms with Gasteiger partial charge in [-0.1, -0.05) is 34.1 Å². The van der Waals surface area contributed by atoms with Crippen LogP contribution in [0.4, 0.5) is 0 Å². The number of nitrogens with one attached hydrogen (secondary N) is 1.